The van der Waals surface area contributed by atoms with E-state index >= 15 is 0 Å². The van der Waals surface area contributed by atoms with Crippen LogP contribution in [0, 0.1) is 5.92 Å². The molecule has 0 bridgehead atoms. The summed E-state index contributed by atoms with van der Waals surface area (Å²) in [6.07, 6.45) is 8.59. The van der Waals surface area contributed by atoms with E-state index in [1.165, 1.54) is 0 Å². The van der Waals surface area contributed by atoms with Crippen molar-refractivity contribution in [2.45, 2.75) is 39.8 Å². The normalized spacial score (nSPS) is 16.1. The number of allylic oxidation sites excluding steroid dienone is 4. The van der Waals surface area contributed by atoms with E-state index in [0.29, 0.717) is 0 Å². The van der Waals surface area contributed by atoms with Crippen LogP contribution in [-0.2, 0) is 0 Å². The Morgan fingerprint density at radius 3 is 2.17 bits per heavy atom. The third-order valence-corrected chi connectivity index (χ3v) is 1.93. The second-order valence-electron chi connectivity index (χ2n) is 3.50. The fraction of sp³-hybridized carbons (Fsp3) is 0.636. The molecule has 0 nitrogen and oxygen atoms in total. The van der Waals surface area contributed by atoms with Crippen LogP contribution in [0.1, 0.15) is 34.1 Å². The van der Waals surface area contributed by atoms with Gasteiger partial charge in [0.25, 0.3) is 0 Å². The van der Waals surface area contributed by atoms with E-state index in [1.807, 2.05) is 38.2 Å². The molecular weight excluding hydrogens is 151 g/mol. The van der Waals surface area contributed by atoms with Gasteiger partial charge in [0.15, 0.2) is 0 Å². The predicted molar refractivity (Wildman–Crippen MR) is 52.9 cm³/mol. The number of rotatable bonds is 4. The summed E-state index contributed by atoms with van der Waals surface area (Å²) >= 11 is 0. The molecule has 0 aliphatic rings. The largest absolute Gasteiger partial charge is 0.244 e. The van der Waals surface area contributed by atoms with E-state index in [9.17, 15) is 4.39 Å². The average Bonchev–Trinajstić information content (AvgIpc) is 1.95. The lowest BCUT2D eigenvalue weighted by atomic mass is 9.89. The highest BCUT2D eigenvalue weighted by Gasteiger charge is 2.25. The van der Waals surface area contributed by atoms with Gasteiger partial charge in [-0.05, 0) is 34.1 Å². The second-order valence-corrected chi connectivity index (χ2v) is 3.50. The maximum Gasteiger partial charge on any atom is 0.112 e. The molecule has 0 saturated heterocycles. The average molecular weight is 170 g/mol. The molecule has 0 saturated carbocycles. The highest BCUT2D eigenvalue weighted by Crippen LogP contribution is 2.26. The maximum atomic E-state index is 13.5. The van der Waals surface area contributed by atoms with Gasteiger partial charge >= 0.3 is 0 Å². The molecule has 0 rings (SSSR count). The fourth-order valence-corrected chi connectivity index (χ4v) is 1.10. The van der Waals surface area contributed by atoms with E-state index in [-0.39, 0.29) is 5.92 Å². The third kappa shape index (κ3) is 4.32. The van der Waals surface area contributed by atoms with Crippen molar-refractivity contribution in [1.29, 1.82) is 0 Å². The van der Waals surface area contributed by atoms with Crippen LogP contribution in [0.3, 0.4) is 0 Å². The minimum absolute atomic E-state index is 0.00120. The molecule has 0 aromatic rings. The predicted octanol–water partition coefficient (Wildman–Crippen LogP) is 3.89. The highest BCUT2D eigenvalue weighted by atomic mass is 19.1. The maximum absolute atomic E-state index is 13.5. The molecule has 1 heteroatoms. The monoisotopic (exact) mass is 170 g/mol. The first kappa shape index (κ1) is 11.4. The van der Waals surface area contributed by atoms with Crippen LogP contribution in [0.2, 0.25) is 0 Å². The van der Waals surface area contributed by atoms with Crippen LogP contribution in [0.15, 0.2) is 24.3 Å². The van der Waals surface area contributed by atoms with Gasteiger partial charge in [-0.2, -0.15) is 0 Å². The van der Waals surface area contributed by atoms with Crippen molar-refractivity contribution < 1.29 is 4.39 Å². The van der Waals surface area contributed by atoms with Crippen LogP contribution >= 0.6 is 0 Å². The van der Waals surface area contributed by atoms with Crippen LogP contribution < -0.4 is 0 Å². The lowest BCUT2D eigenvalue weighted by Crippen LogP contribution is -2.23. The Morgan fingerprint density at radius 1 is 1.25 bits per heavy atom. The van der Waals surface area contributed by atoms with E-state index in [0.717, 1.165) is 6.42 Å². The first-order chi connectivity index (χ1) is 5.52. The van der Waals surface area contributed by atoms with Crippen molar-refractivity contribution in [2.75, 3.05) is 0 Å². The molecule has 0 aliphatic heterocycles. The molecule has 0 heterocycles. The Morgan fingerprint density at radius 2 is 1.83 bits per heavy atom. The Hall–Kier alpha value is -0.590. The van der Waals surface area contributed by atoms with Gasteiger partial charge in [-0.25, -0.2) is 4.39 Å². The smallest absolute Gasteiger partial charge is 0.112 e. The summed E-state index contributed by atoms with van der Waals surface area (Å²) in [6, 6.07) is 0. The first-order valence-electron chi connectivity index (χ1n) is 4.45. The Kier molecular flexibility index (Phi) is 4.87. The van der Waals surface area contributed by atoms with Gasteiger partial charge in [0.05, 0.1) is 0 Å². The number of halogens is 1. The molecule has 0 fully saturated rings. The number of hydrogen-bond donors (Lipinski definition) is 0. The third-order valence-electron chi connectivity index (χ3n) is 1.93. The van der Waals surface area contributed by atoms with Crippen molar-refractivity contribution in [3.63, 3.8) is 0 Å². The van der Waals surface area contributed by atoms with Crippen LogP contribution in [0.5, 0.6) is 0 Å². The van der Waals surface area contributed by atoms with Crippen molar-refractivity contribution in [3.05, 3.63) is 24.3 Å². The summed E-state index contributed by atoms with van der Waals surface area (Å²) in [6.45, 7) is 7.13. The first-order valence-corrected chi connectivity index (χ1v) is 4.45. The lowest BCUT2D eigenvalue weighted by Gasteiger charge is -2.22. The van der Waals surface area contributed by atoms with Gasteiger partial charge in [0, 0.05) is 5.92 Å². The highest BCUT2D eigenvalue weighted by molar-refractivity contribution is 4.98. The summed E-state index contributed by atoms with van der Waals surface area (Å²) in [5.74, 6) is -0.00120. The Bertz CT molecular complexity index is 160. The molecule has 0 unspecified atom stereocenters. The van der Waals surface area contributed by atoms with Crippen LogP contribution in [0.25, 0.3) is 0 Å². The Labute approximate surface area is 75.2 Å². The standard InChI is InChI=1S/C11H19F/c1-5-7-9-10(8-6-2)11(3,4)12/h5-8,10H,9H2,1-4H3/b7-5-,8-6-/t10-/m1/s1. The second kappa shape index (κ2) is 5.13. The molecule has 0 amide bonds. The summed E-state index contributed by atoms with van der Waals surface area (Å²) in [4.78, 5) is 0. The molecule has 0 radical (unpaired) electrons. The molecule has 0 N–H and O–H groups in total. The molecule has 70 valence electrons. The van der Waals surface area contributed by atoms with E-state index in [4.69, 9.17) is 0 Å². The summed E-state index contributed by atoms with van der Waals surface area (Å²) in [5.41, 5.74) is -1.12. The van der Waals surface area contributed by atoms with Gasteiger partial charge in [-0.1, -0.05) is 24.3 Å². The Balaban J connectivity index is 4.23. The molecule has 12 heavy (non-hydrogen) atoms. The zero-order valence-corrected chi connectivity index (χ0v) is 8.47. The van der Waals surface area contributed by atoms with E-state index in [1.54, 1.807) is 13.8 Å². The molecule has 0 aromatic carbocycles. The molecule has 0 spiro atoms. The van der Waals surface area contributed by atoms with E-state index < -0.39 is 5.67 Å². The zero-order chi connectivity index (χ0) is 9.61. The summed E-state index contributed by atoms with van der Waals surface area (Å²) in [5, 5.41) is 0. The van der Waals surface area contributed by atoms with Crippen molar-refractivity contribution in [3.8, 4) is 0 Å². The summed E-state index contributed by atoms with van der Waals surface area (Å²) < 4.78 is 13.5. The molecule has 1 atom stereocenters. The van der Waals surface area contributed by atoms with Gasteiger partial charge in [0.1, 0.15) is 5.67 Å². The topological polar surface area (TPSA) is 0 Å². The number of hydrogen-bond acceptors (Lipinski definition) is 0. The zero-order valence-electron chi connectivity index (χ0n) is 8.47. The minimum atomic E-state index is -1.12. The van der Waals surface area contributed by atoms with Gasteiger partial charge in [0.2, 0.25) is 0 Å². The quantitative estimate of drug-likeness (QED) is 0.561. The van der Waals surface area contributed by atoms with Crippen LogP contribution in [-0.4, -0.2) is 5.67 Å². The number of alkyl halides is 1. The van der Waals surface area contributed by atoms with Crippen LogP contribution in [0.4, 0.5) is 4.39 Å². The molecular formula is C11H19F. The van der Waals surface area contributed by atoms with Crippen molar-refractivity contribution in [1.82, 2.24) is 0 Å². The van der Waals surface area contributed by atoms with Gasteiger partial charge in [-0.3, -0.25) is 0 Å². The SMILES string of the molecule is C/C=C\C[C@@H](/C=C\C)C(C)(C)F. The fourth-order valence-electron chi connectivity index (χ4n) is 1.10. The van der Waals surface area contributed by atoms with Crippen molar-refractivity contribution in [2.24, 2.45) is 5.92 Å². The minimum Gasteiger partial charge on any atom is -0.244 e. The van der Waals surface area contributed by atoms with Crippen molar-refractivity contribution >= 4 is 0 Å². The van der Waals surface area contributed by atoms with Gasteiger partial charge < -0.3 is 0 Å². The summed E-state index contributed by atoms with van der Waals surface area (Å²) in [7, 11) is 0. The molecule has 0 aromatic heterocycles. The molecule has 0 aliphatic carbocycles. The lowest BCUT2D eigenvalue weighted by molar-refractivity contribution is 0.155. The van der Waals surface area contributed by atoms with E-state index in [2.05, 4.69) is 0 Å². The van der Waals surface area contributed by atoms with Gasteiger partial charge in [-0.15, -0.1) is 0 Å².